The highest BCUT2D eigenvalue weighted by Crippen LogP contribution is 2.30. The van der Waals surface area contributed by atoms with E-state index in [2.05, 4.69) is 29.3 Å². The molecule has 128 valence electrons. The summed E-state index contributed by atoms with van der Waals surface area (Å²) in [5.74, 6) is 0.790. The van der Waals surface area contributed by atoms with Gasteiger partial charge in [-0.2, -0.15) is 0 Å². The summed E-state index contributed by atoms with van der Waals surface area (Å²) >= 11 is 1.46. The minimum absolute atomic E-state index is 0.426. The summed E-state index contributed by atoms with van der Waals surface area (Å²) < 4.78 is 5.82. The molecule has 0 bridgehead atoms. The zero-order chi connectivity index (χ0) is 18.0. The average Bonchev–Trinajstić information content (AvgIpc) is 3.01. The minimum atomic E-state index is -0.426. The third-order valence-electron chi connectivity index (χ3n) is 3.90. The van der Waals surface area contributed by atoms with Gasteiger partial charge in [-0.1, -0.05) is 41.6 Å². The zero-order valence-electron chi connectivity index (χ0n) is 14.4. The monoisotopic (exact) mass is 353 g/mol. The van der Waals surface area contributed by atoms with Crippen molar-refractivity contribution < 1.29 is 9.21 Å². The van der Waals surface area contributed by atoms with Gasteiger partial charge in [-0.25, -0.2) is 0 Å². The van der Waals surface area contributed by atoms with Crippen molar-refractivity contribution in [1.82, 2.24) is 10.2 Å². The second-order valence-electron chi connectivity index (χ2n) is 6.00. The third-order valence-corrected chi connectivity index (χ3v) is 4.79. The summed E-state index contributed by atoms with van der Waals surface area (Å²) in [6.07, 6.45) is 0. The number of amides is 1. The van der Waals surface area contributed by atoms with Crippen LogP contribution in [-0.2, 0) is 5.75 Å². The Morgan fingerprint density at radius 2 is 1.72 bits per heavy atom. The van der Waals surface area contributed by atoms with Crippen LogP contribution in [0.4, 0.5) is 0 Å². The number of hydrogen-bond acceptors (Lipinski definition) is 5. The van der Waals surface area contributed by atoms with Gasteiger partial charge in [0, 0.05) is 16.9 Å². The van der Waals surface area contributed by atoms with E-state index in [9.17, 15) is 4.79 Å². The van der Waals surface area contributed by atoms with Gasteiger partial charge in [0.2, 0.25) is 11.8 Å². The Morgan fingerprint density at radius 1 is 1.08 bits per heavy atom. The lowest BCUT2D eigenvalue weighted by Crippen LogP contribution is -2.10. The van der Waals surface area contributed by atoms with Crippen LogP contribution in [0.15, 0.2) is 46.0 Å². The van der Waals surface area contributed by atoms with Crippen molar-refractivity contribution in [2.45, 2.75) is 31.7 Å². The molecule has 6 heteroatoms. The van der Waals surface area contributed by atoms with Crippen LogP contribution in [0.3, 0.4) is 0 Å². The largest absolute Gasteiger partial charge is 0.411 e. The molecule has 2 aromatic carbocycles. The Balaban J connectivity index is 1.73. The van der Waals surface area contributed by atoms with E-state index >= 15 is 0 Å². The molecule has 0 aliphatic rings. The van der Waals surface area contributed by atoms with Crippen molar-refractivity contribution in [2.75, 3.05) is 0 Å². The van der Waals surface area contributed by atoms with Gasteiger partial charge in [-0.15, -0.1) is 10.2 Å². The van der Waals surface area contributed by atoms with Crippen LogP contribution in [0, 0.1) is 20.8 Å². The topological polar surface area (TPSA) is 82.0 Å². The summed E-state index contributed by atoms with van der Waals surface area (Å²) in [6, 6.07) is 11.4. The number of aromatic nitrogens is 2. The predicted octanol–water partition coefficient (Wildman–Crippen LogP) is 4.05. The normalized spacial score (nSPS) is 10.8. The number of aryl methyl sites for hydroxylation is 3. The number of carbonyl (C=O) groups excluding carboxylic acids is 1. The van der Waals surface area contributed by atoms with Gasteiger partial charge in [0.05, 0.1) is 0 Å². The molecule has 0 saturated carbocycles. The van der Waals surface area contributed by atoms with Crippen molar-refractivity contribution in [1.29, 1.82) is 0 Å². The van der Waals surface area contributed by atoms with E-state index in [0.29, 0.717) is 22.4 Å². The van der Waals surface area contributed by atoms with E-state index in [4.69, 9.17) is 10.2 Å². The number of rotatable bonds is 5. The predicted molar refractivity (Wildman–Crippen MR) is 98.5 cm³/mol. The summed E-state index contributed by atoms with van der Waals surface area (Å²) in [4.78, 5) is 11.1. The number of thioether (sulfide) groups is 1. The number of nitrogens with zero attached hydrogens (tertiary/aromatic N) is 2. The molecule has 0 radical (unpaired) electrons. The number of benzene rings is 2. The Labute approximate surface area is 150 Å². The first-order valence-corrected chi connectivity index (χ1v) is 8.86. The van der Waals surface area contributed by atoms with Gasteiger partial charge < -0.3 is 10.2 Å². The van der Waals surface area contributed by atoms with E-state index in [0.717, 1.165) is 22.3 Å². The molecule has 1 amide bonds. The zero-order valence-corrected chi connectivity index (χ0v) is 15.2. The van der Waals surface area contributed by atoms with Crippen molar-refractivity contribution >= 4 is 17.7 Å². The van der Waals surface area contributed by atoms with E-state index in [1.807, 2.05) is 26.0 Å². The number of carbonyl (C=O) groups is 1. The highest BCUT2D eigenvalue weighted by Gasteiger charge is 2.14. The van der Waals surface area contributed by atoms with Crippen molar-refractivity contribution in [3.8, 4) is 11.5 Å². The molecule has 0 atom stereocenters. The fraction of sp³-hybridized carbons (Fsp3) is 0.211. The lowest BCUT2D eigenvalue weighted by atomic mass is 10.00. The van der Waals surface area contributed by atoms with Crippen LogP contribution < -0.4 is 5.73 Å². The highest BCUT2D eigenvalue weighted by molar-refractivity contribution is 7.98. The maximum atomic E-state index is 11.1. The molecule has 3 aromatic rings. The molecule has 1 aromatic heterocycles. The molecule has 0 unspecified atom stereocenters. The molecular weight excluding hydrogens is 334 g/mol. The maximum Gasteiger partial charge on any atom is 0.277 e. The Bertz CT molecular complexity index is 894. The second kappa shape index (κ2) is 7.11. The standard InChI is InChI=1S/C19H19N3O2S/c1-11-8-12(2)16(13(3)9-11)18-21-22-19(24-18)25-10-14-4-6-15(7-5-14)17(20)23/h4-9H,10H2,1-3H3,(H2,20,23). The van der Waals surface area contributed by atoms with Crippen LogP contribution in [0.2, 0.25) is 0 Å². The highest BCUT2D eigenvalue weighted by atomic mass is 32.2. The first kappa shape index (κ1) is 17.2. The molecule has 0 spiro atoms. The van der Waals surface area contributed by atoms with E-state index in [1.165, 1.54) is 17.3 Å². The Hall–Kier alpha value is -2.60. The van der Waals surface area contributed by atoms with Crippen LogP contribution in [0.5, 0.6) is 0 Å². The number of nitrogens with two attached hydrogens (primary N) is 1. The van der Waals surface area contributed by atoms with E-state index in [1.54, 1.807) is 12.1 Å². The fourth-order valence-corrected chi connectivity index (χ4v) is 3.52. The molecule has 0 aliphatic carbocycles. The summed E-state index contributed by atoms with van der Waals surface area (Å²) in [6.45, 7) is 6.17. The molecule has 0 saturated heterocycles. The lowest BCUT2D eigenvalue weighted by molar-refractivity contribution is 0.100. The van der Waals surface area contributed by atoms with Crippen molar-refractivity contribution in [3.05, 3.63) is 64.2 Å². The van der Waals surface area contributed by atoms with Crippen molar-refractivity contribution in [2.24, 2.45) is 5.73 Å². The lowest BCUT2D eigenvalue weighted by Gasteiger charge is -2.06. The molecule has 2 N–H and O–H groups in total. The van der Waals surface area contributed by atoms with E-state index < -0.39 is 5.91 Å². The van der Waals surface area contributed by atoms with Gasteiger partial charge in [-0.05, 0) is 49.6 Å². The molecule has 0 fully saturated rings. The fourth-order valence-electron chi connectivity index (χ4n) is 2.80. The Kier molecular flexibility index (Phi) is 4.90. The average molecular weight is 353 g/mol. The van der Waals surface area contributed by atoms with Gasteiger partial charge in [0.25, 0.3) is 5.22 Å². The molecule has 1 heterocycles. The summed E-state index contributed by atoms with van der Waals surface area (Å²) in [7, 11) is 0. The van der Waals surface area contributed by atoms with Gasteiger partial charge >= 0.3 is 0 Å². The summed E-state index contributed by atoms with van der Waals surface area (Å²) in [5.41, 5.74) is 11.3. The van der Waals surface area contributed by atoms with Gasteiger partial charge in [-0.3, -0.25) is 4.79 Å². The van der Waals surface area contributed by atoms with Gasteiger partial charge in [0.1, 0.15) is 0 Å². The van der Waals surface area contributed by atoms with Gasteiger partial charge in [0.15, 0.2) is 0 Å². The maximum absolute atomic E-state index is 11.1. The Morgan fingerprint density at radius 3 is 2.32 bits per heavy atom. The molecule has 5 nitrogen and oxygen atoms in total. The minimum Gasteiger partial charge on any atom is -0.411 e. The summed E-state index contributed by atoms with van der Waals surface area (Å²) in [5, 5.41) is 8.84. The first-order valence-electron chi connectivity index (χ1n) is 7.87. The second-order valence-corrected chi connectivity index (χ2v) is 6.92. The molecule has 0 aliphatic heterocycles. The van der Waals surface area contributed by atoms with Crippen LogP contribution in [0.1, 0.15) is 32.6 Å². The van der Waals surface area contributed by atoms with Crippen LogP contribution in [-0.4, -0.2) is 16.1 Å². The quantitative estimate of drug-likeness (QED) is 0.700. The third kappa shape index (κ3) is 3.91. The number of primary amides is 1. The van der Waals surface area contributed by atoms with E-state index in [-0.39, 0.29) is 0 Å². The number of hydrogen-bond donors (Lipinski definition) is 1. The van der Waals surface area contributed by atoms with Crippen molar-refractivity contribution in [3.63, 3.8) is 0 Å². The molecule has 3 rings (SSSR count). The molecular formula is C19H19N3O2S. The van der Waals surface area contributed by atoms with Crippen LogP contribution in [0.25, 0.3) is 11.5 Å². The van der Waals surface area contributed by atoms with Crippen LogP contribution >= 0.6 is 11.8 Å². The molecule has 25 heavy (non-hydrogen) atoms. The smallest absolute Gasteiger partial charge is 0.277 e. The SMILES string of the molecule is Cc1cc(C)c(-c2nnc(SCc3ccc(C(N)=O)cc3)o2)c(C)c1. The first-order chi connectivity index (χ1) is 11.9.